The predicted octanol–water partition coefficient (Wildman–Crippen LogP) is 4.43. The van der Waals surface area contributed by atoms with Crippen molar-refractivity contribution in [1.29, 1.82) is 0 Å². The van der Waals surface area contributed by atoms with Gasteiger partial charge >= 0.3 is 0 Å². The molecule has 0 amide bonds. The van der Waals surface area contributed by atoms with Crippen LogP contribution in [0.2, 0.25) is 0 Å². The number of rotatable bonds is 5. The van der Waals surface area contributed by atoms with Gasteiger partial charge in [-0.3, -0.25) is 0 Å². The molecule has 8 heteroatoms. The van der Waals surface area contributed by atoms with Crippen LogP contribution in [0.25, 0.3) is 10.2 Å². The monoisotopic (exact) mass is 400 g/mol. The molecule has 0 bridgehead atoms. The summed E-state index contributed by atoms with van der Waals surface area (Å²) in [5.41, 5.74) is 5.37. The molecule has 2 heterocycles. The predicted molar refractivity (Wildman–Crippen MR) is 110 cm³/mol. The quantitative estimate of drug-likeness (QED) is 0.490. The number of nitrogens with zero attached hydrogens (tertiary/aromatic N) is 3. The number of thiophene rings is 1. The van der Waals surface area contributed by atoms with Crippen molar-refractivity contribution in [3.63, 3.8) is 0 Å². The van der Waals surface area contributed by atoms with Crippen molar-refractivity contribution >= 4 is 33.1 Å². The summed E-state index contributed by atoms with van der Waals surface area (Å²) in [6, 6.07) is 5.09. The molecule has 4 rings (SSSR count). The van der Waals surface area contributed by atoms with Crippen molar-refractivity contribution in [3.05, 3.63) is 51.3 Å². The van der Waals surface area contributed by atoms with E-state index in [0.29, 0.717) is 17.9 Å². The van der Waals surface area contributed by atoms with Gasteiger partial charge in [-0.1, -0.05) is 6.07 Å². The van der Waals surface area contributed by atoms with E-state index in [2.05, 4.69) is 20.7 Å². The van der Waals surface area contributed by atoms with Crippen LogP contribution in [0.15, 0.2) is 24.5 Å². The zero-order chi connectivity index (χ0) is 19.8. The van der Waals surface area contributed by atoms with E-state index >= 15 is 0 Å². The molecule has 0 saturated heterocycles. The molecule has 2 aromatic heterocycles. The van der Waals surface area contributed by atoms with Crippen LogP contribution in [0.4, 0.5) is 15.9 Å². The van der Waals surface area contributed by atoms with Gasteiger partial charge in [-0.05, 0) is 50.5 Å². The second-order valence-electron chi connectivity index (χ2n) is 7.52. The second kappa shape index (κ2) is 7.43. The van der Waals surface area contributed by atoms with Crippen molar-refractivity contribution < 1.29 is 9.26 Å². The SMILES string of the molecule is Cc1ccc(Nc2ncnc3sc4c(c23)CCC([N+](=O)NC(C)C)C4)c(F)c1. The summed E-state index contributed by atoms with van der Waals surface area (Å²) >= 11 is 1.59. The Hall–Kier alpha value is -2.61. The fraction of sp³-hybridized carbons (Fsp3) is 0.400. The first-order valence-corrected chi connectivity index (χ1v) is 10.2. The molecule has 146 valence electrons. The molecular formula is C20H23FN5OS+. The number of hydrogen-bond donors (Lipinski definition) is 2. The first-order valence-electron chi connectivity index (χ1n) is 9.43. The van der Waals surface area contributed by atoms with E-state index in [1.54, 1.807) is 17.4 Å². The molecule has 1 aliphatic carbocycles. The van der Waals surface area contributed by atoms with Gasteiger partial charge in [0.05, 0.1) is 28.4 Å². The van der Waals surface area contributed by atoms with Gasteiger partial charge in [0.15, 0.2) is 0 Å². The molecule has 0 aliphatic heterocycles. The van der Waals surface area contributed by atoms with E-state index in [4.69, 9.17) is 0 Å². The average Bonchev–Trinajstić information content (AvgIpc) is 3.02. The average molecular weight is 401 g/mol. The molecule has 1 aromatic carbocycles. The number of fused-ring (bicyclic) bond motifs is 3. The maximum atomic E-state index is 14.3. The van der Waals surface area contributed by atoms with E-state index in [1.165, 1.54) is 18.0 Å². The minimum atomic E-state index is -0.308. The lowest BCUT2D eigenvalue weighted by Gasteiger charge is -2.17. The molecule has 28 heavy (non-hydrogen) atoms. The normalized spacial score (nSPS) is 16.2. The number of hydrogen-bond acceptors (Lipinski definition) is 5. The van der Waals surface area contributed by atoms with Gasteiger partial charge in [0.1, 0.15) is 27.7 Å². The van der Waals surface area contributed by atoms with Gasteiger partial charge in [0.2, 0.25) is 6.04 Å². The van der Waals surface area contributed by atoms with Gasteiger partial charge in [-0.15, -0.1) is 11.3 Å². The molecule has 0 fully saturated rings. The van der Waals surface area contributed by atoms with Crippen LogP contribution in [0.1, 0.15) is 36.3 Å². The van der Waals surface area contributed by atoms with Crippen LogP contribution in [0.3, 0.4) is 0 Å². The third-order valence-corrected chi connectivity index (χ3v) is 6.08. The molecule has 2 N–H and O–H groups in total. The Kier molecular flexibility index (Phi) is 4.97. The van der Waals surface area contributed by atoms with Crippen molar-refractivity contribution in [2.75, 3.05) is 5.32 Å². The van der Waals surface area contributed by atoms with E-state index in [1.807, 2.05) is 26.8 Å². The molecule has 6 nitrogen and oxygen atoms in total. The first-order chi connectivity index (χ1) is 13.4. The maximum Gasteiger partial charge on any atom is 0.239 e. The van der Waals surface area contributed by atoms with Crippen LogP contribution >= 0.6 is 11.3 Å². The third kappa shape index (κ3) is 3.56. The van der Waals surface area contributed by atoms with Crippen LogP contribution in [0.5, 0.6) is 0 Å². The summed E-state index contributed by atoms with van der Waals surface area (Å²) in [7, 11) is 0. The van der Waals surface area contributed by atoms with Gasteiger partial charge < -0.3 is 5.32 Å². The number of aromatic nitrogens is 2. The van der Waals surface area contributed by atoms with Crippen LogP contribution in [-0.2, 0) is 12.8 Å². The maximum absolute atomic E-state index is 14.3. The lowest BCUT2D eigenvalue weighted by molar-refractivity contribution is -0.646. The Morgan fingerprint density at radius 2 is 2.14 bits per heavy atom. The number of nitroso groups, excluding NO2 is 1. The summed E-state index contributed by atoms with van der Waals surface area (Å²) < 4.78 is 14.3. The zero-order valence-electron chi connectivity index (χ0n) is 16.1. The van der Waals surface area contributed by atoms with Crippen LogP contribution < -0.4 is 10.7 Å². The van der Waals surface area contributed by atoms with Crippen molar-refractivity contribution in [2.45, 2.75) is 52.1 Å². The number of nitrogens with one attached hydrogen (secondary N) is 2. The number of benzene rings is 1. The fourth-order valence-corrected chi connectivity index (χ4v) is 4.85. The topological polar surface area (TPSA) is 69.9 Å². The molecule has 1 atom stereocenters. The Morgan fingerprint density at radius 1 is 1.32 bits per heavy atom. The molecule has 1 aliphatic rings. The Morgan fingerprint density at radius 3 is 2.89 bits per heavy atom. The highest BCUT2D eigenvalue weighted by molar-refractivity contribution is 7.19. The fourth-order valence-electron chi connectivity index (χ4n) is 3.60. The van der Waals surface area contributed by atoms with E-state index in [9.17, 15) is 9.30 Å². The summed E-state index contributed by atoms with van der Waals surface area (Å²) in [5, 5.41) is 4.07. The Labute approximate surface area is 166 Å². The standard InChI is InChI=1S/C20H23FN5OS/c1-11(2)25-26(27)13-5-6-14-17(9-13)28-20-18(14)19(22-10-23-20)24-16-7-4-12(3)8-15(16)21/h4,7-8,10-11,13H,5-6,9H2,1-3H3,(H,25,27)(H,22,23,24)/q+1. The minimum Gasteiger partial charge on any atom is -0.337 e. The van der Waals surface area contributed by atoms with E-state index < -0.39 is 0 Å². The number of aryl methyl sites for hydroxylation is 2. The summed E-state index contributed by atoms with van der Waals surface area (Å²) in [6.07, 6.45) is 3.71. The van der Waals surface area contributed by atoms with Gasteiger partial charge in [0, 0.05) is 11.3 Å². The van der Waals surface area contributed by atoms with Gasteiger partial charge in [-0.2, -0.15) is 5.43 Å². The van der Waals surface area contributed by atoms with E-state index in [0.717, 1.165) is 38.4 Å². The molecule has 0 spiro atoms. The summed E-state index contributed by atoms with van der Waals surface area (Å²) in [4.78, 5) is 24.1. The Balaban J connectivity index is 1.67. The largest absolute Gasteiger partial charge is 0.337 e. The van der Waals surface area contributed by atoms with Crippen molar-refractivity contribution in [1.82, 2.24) is 15.4 Å². The number of anilines is 2. The van der Waals surface area contributed by atoms with Crippen LogP contribution in [0, 0.1) is 17.6 Å². The van der Waals surface area contributed by atoms with Gasteiger partial charge in [0.25, 0.3) is 0 Å². The lowest BCUT2D eigenvalue weighted by Crippen LogP contribution is -2.42. The summed E-state index contributed by atoms with van der Waals surface area (Å²) in [6.45, 7) is 5.77. The van der Waals surface area contributed by atoms with Gasteiger partial charge in [-0.25, -0.2) is 14.4 Å². The second-order valence-corrected chi connectivity index (χ2v) is 8.60. The molecule has 3 aromatic rings. The first kappa shape index (κ1) is 18.7. The smallest absolute Gasteiger partial charge is 0.239 e. The lowest BCUT2D eigenvalue weighted by atomic mass is 9.93. The molecule has 1 unspecified atom stereocenters. The highest BCUT2D eigenvalue weighted by atomic mass is 32.1. The van der Waals surface area contributed by atoms with Crippen LogP contribution in [-0.4, -0.2) is 26.9 Å². The van der Waals surface area contributed by atoms with Crippen molar-refractivity contribution in [3.8, 4) is 0 Å². The Bertz CT molecular complexity index is 1050. The number of halogens is 1. The van der Waals surface area contributed by atoms with Crippen molar-refractivity contribution in [2.24, 2.45) is 0 Å². The highest BCUT2D eigenvalue weighted by Gasteiger charge is 2.34. The minimum absolute atomic E-state index is 0.0955. The highest BCUT2D eigenvalue weighted by Crippen LogP contribution is 2.39. The van der Waals surface area contributed by atoms with E-state index in [-0.39, 0.29) is 17.9 Å². The zero-order valence-corrected chi connectivity index (χ0v) is 16.9. The molecule has 0 saturated carbocycles. The molecular weight excluding hydrogens is 377 g/mol. The summed E-state index contributed by atoms with van der Waals surface area (Å²) in [5.74, 6) is 0.306. The third-order valence-electron chi connectivity index (χ3n) is 4.91. The number of hydrazine groups is 1. The molecule has 0 radical (unpaired) electrons.